The first kappa shape index (κ1) is 11.1. The molecule has 90 valence electrons. The second-order valence-electron chi connectivity index (χ2n) is 4.00. The van der Waals surface area contributed by atoms with Gasteiger partial charge in [-0.2, -0.15) is 0 Å². The lowest BCUT2D eigenvalue weighted by atomic mass is 10.0. The second-order valence-corrected chi connectivity index (χ2v) is 4.88. The van der Waals surface area contributed by atoms with Gasteiger partial charge in [0.25, 0.3) is 0 Å². The summed E-state index contributed by atoms with van der Waals surface area (Å²) in [7, 11) is 0. The standard InChI is InChI=1S/C13H12N4S/c1-10-13(18-9-14-10)12(17-8-7-15-16-17)11-5-3-2-4-6-11/h2-9,12H,1H3. The van der Waals surface area contributed by atoms with Crippen LogP contribution in [-0.2, 0) is 0 Å². The Morgan fingerprint density at radius 2 is 2.06 bits per heavy atom. The minimum absolute atomic E-state index is 0.0567. The van der Waals surface area contributed by atoms with Crippen molar-refractivity contribution in [1.82, 2.24) is 20.0 Å². The highest BCUT2D eigenvalue weighted by Crippen LogP contribution is 2.30. The van der Waals surface area contributed by atoms with Crippen LogP contribution in [0, 0.1) is 6.92 Å². The number of thiazole rings is 1. The fraction of sp³-hybridized carbons (Fsp3) is 0.154. The van der Waals surface area contributed by atoms with Gasteiger partial charge in [-0.25, -0.2) is 9.67 Å². The van der Waals surface area contributed by atoms with Gasteiger partial charge >= 0.3 is 0 Å². The molecule has 0 aliphatic carbocycles. The highest BCUT2D eigenvalue weighted by Gasteiger charge is 2.20. The Morgan fingerprint density at radius 3 is 2.67 bits per heavy atom. The molecule has 1 atom stereocenters. The van der Waals surface area contributed by atoms with Crippen LogP contribution < -0.4 is 0 Å². The number of aryl methyl sites for hydroxylation is 1. The Morgan fingerprint density at radius 1 is 1.22 bits per heavy atom. The number of benzene rings is 1. The van der Waals surface area contributed by atoms with Crippen LogP contribution in [0.2, 0.25) is 0 Å². The monoisotopic (exact) mass is 256 g/mol. The van der Waals surface area contributed by atoms with Gasteiger partial charge in [-0.3, -0.25) is 0 Å². The number of aromatic nitrogens is 4. The van der Waals surface area contributed by atoms with Gasteiger partial charge in [0.15, 0.2) is 0 Å². The van der Waals surface area contributed by atoms with Crippen LogP contribution in [0.1, 0.15) is 22.2 Å². The zero-order valence-electron chi connectivity index (χ0n) is 9.89. The van der Waals surface area contributed by atoms with Gasteiger partial charge in [0.05, 0.1) is 22.3 Å². The highest BCUT2D eigenvalue weighted by atomic mass is 32.1. The summed E-state index contributed by atoms with van der Waals surface area (Å²) < 4.78 is 1.87. The summed E-state index contributed by atoms with van der Waals surface area (Å²) in [6.07, 6.45) is 3.59. The zero-order chi connectivity index (χ0) is 12.4. The van der Waals surface area contributed by atoms with E-state index in [9.17, 15) is 0 Å². The molecule has 0 aliphatic rings. The molecule has 0 bridgehead atoms. The van der Waals surface area contributed by atoms with Crippen molar-refractivity contribution in [2.45, 2.75) is 13.0 Å². The maximum absolute atomic E-state index is 4.33. The largest absolute Gasteiger partial charge is 0.250 e. The first-order valence-electron chi connectivity index (χ1n) is 5.67. The normalized spacial score (nSPS) is 12.5. The highest BCUT2D eigenvalue weighted by molar-refractivity contribution is 7.09. The van der Waals surface area contributed by atoms with Crippen molar-refractivity contribution in [2.24, 2.45) is 0 Å². The third-order valence-corrected chi connectivity index (χ3v) is 3.84. The summed E-state index contributed by atoms with van der Waals surface area (Å²) in [5, 5.41) is 8.04. The van der Waals surface area contributed by atoms with E-state index in [4.69, 9.17) is 0 Å². The molecule has 0 saturated heterocycles. The zero-order valence-corrected chi connectivity index (χ0v) is 10.7. The smallest absolute Gasteiger partial charge is 0.115 e. The molecule has 0 spiro atoms. The molecule has 0 fully saturated rings. The Balaban J connectivity index is 2.14. The molecule has 0 amide bonds. The van der Waals surface area contributed by atoms with Crippen molar-refractivity contribution in [2.75, 3.05) is 0 Å². The number of rotatable bonds is 3. The average molecular weight is 256 g/mol. The lowest BCUT2D eigenvalue weighted by Crippen LogP contribution is -2.12. The van der Waals surface area contributed by atoms with E-state index >= 15 is 0 Å². The average Bonchev–Trinajstić information content (AvgIpc) is 3.05. The minimum atomic E-state index is 0.0567. The maximum atomic E-state index is 4.33. The fourth-order valence-corrected chi connectivity index (χ4v) is 2.91. The first-order valence-corrected chi connectivity index (χ1v) is 6.55. The van der Waals surface area contributed by atoms with E-state index in [2.05, 4.69) is 27.4 Å². The van der Waals surface area contributed by atoms with Gasteiger partial charge in [-0.05, 0) is 12.5 Å². The van der Waals surface area contributed by atoms with Crippen LogP contribution in [0.25, 0.3) is 0 Å². The van der Waals surface area contributed by atoms with Crippen LogP contribution in [0.5, 0.6) is 0 Å². The molecule has 0 saturated carbocycles. The fourth-order valence-electron chi connectivity index (χ4n) is 1.99. The minimum Gasteiger partial charge on any atom is -0.250 e. The molecule has 1 unspecified atom stereocenters. The lowest BCUT2D eigenvalue weighted by molar-refractivity contribution is 0.575. The molecule has 0 N–H and O–H groups in total. The predicted molar refractivity (Wildman–Crippen MR) is 70.6 cm³/mol. The molecule has 3 rings (SSSR count). The van der Waals surface area contributed by atoms with Crippen LogP contribution in [0.4, 0.5) is 0 Å². The van der Waals surface area contributed by atoms with Gasteiger partial charge in [-0.15, -0.1) is 16.4 Å². The van der Waals surface area contributed by atoms with Crippen molar-refractivity contribution in [3.63, 3.8) is 0 Å². The van der Waals surface area contributed by atoms with Crippen molar-refractivity contribution in [1.29, 1.82) is 0 Å². The second kappa shape index (κ2) is 4.70. The Kier molecular flexibility index (Phi) is 2.90. The van der Waals surface area contributed by atoms with E-state index in [1.54, 1.807) is 17.5 Å². The van der Waals surface area contributed by atoms with E-state index in [1.165, 1.54) is 10.4 Å². The summed E-state index contributed by atoms with van der Waals surface area (Å²) in [6, 6.07) is 10.4. The lowest BCUT2D eigenvalue weighted by Gasteiger charge is -2.16. The topological polar surface area (TPSA) is 43.6 Å². The Bertz CT molecular complexity index is 616. The quantitative estimate of drug-likeness (QED) is 0.723. The Hall–Kier alpha value is -2.01. The van der Waals surface area contributed by atoms with Crippen LogP contribution in [0.3, 0.4) is 0 Å². The third-order valence-electron chi connectivity index (χ3n) is 2.85. The molecular weight excluding hydrogens is 244 g/mol. The van der Waals surface area contributed by atoms with Crippen molar-refractivity contribution >= 4 is 11.3 Å². The molecule has 4 nitrogen and oxygen atoms in total. The van der Waals surface area contributed by atoms with Gasteiger partial charge in [0.2, 0.25) is 0 Å². The molecule has 1 aromatic carbocycles. The van der Waals surface area contributed by atoms with Crippen molar-refractivity contribution in [3.05, 3.63) is 64.4 Å². The van der Waals surface area contributed by atoms with E-state index in [0.717, 1.165) is 5.69 Å². The van der Waals surface area contributed by atoms with Crippen LogP contribution in [-0.4, -0.2) is 20.0 Å². The molecule has 18 heavy (non-hydrogen) atoms. The summed E-state index contributed by atoms with van der Waals surface area (Å²) in [5.41, 5.74) is 4.11. The Labute approximate surface area is 109 Å². The molecule has 5 heteroatoms. The first-order chi connectivity index (χ1) is 8.86. The number of nitrogens with zero attached hydrogens (tertiary/aromatic N) is 4. The van der Waals surface area contributed by atoms with E-state index in [0.29, 0.717) is 0 Å². The number of hydrogen-bond acceptors (Lipinski definition) is 4. The molecule has 2 aromatic heterocycles. The molecular formula is C13H12N4S. The molecule has 0 aliphatic heterocycles. The van der Waals surface area contributed by atoms with E-state index in [1.807, 2.05) is 41.5 Å². The summed E-state index contributed by atoms with van der Waals surface area (Å²) in [5.74, 6) is 0. The predicted octanol–water partition coefficient (Wildman–Crippen LogP) is 2.68. The van der Waals surface area contributed by atoms with Crippen molar-refractivity contribution in [3.8, 4) is 0 Å². The van der Waals surface area contributed by atoms with Gasteiger partial charge in [-0.1, -0.05) is 35.5 Å². The third kappa shape index (κ3) is 1.93. The summed E-state index contributed by atoms with van der Waals surface area (Å²) in [4.78, 5) is 5.53. The summed E-state index contributed by atoms with van der Waals surface area (Å²) >= 11 is 1.65. The maximum Gasteiger partial charge on any atom is 0.115 e. The number of hydrogen-bond donors (Lipinski definition) is 0. The van der Waals surface area contributed by atoms with Gasteiger partial charge in [0, 0.05) is 6.20 Å². The van der Waals surface area contributed by atoms with Crippen molar-refractivity contribution < 1.29 is 0 Å². The van der Waals surface area contributed by atoms with Gasteiger partial charge < -0.3 is 0 Å². The molecule has 0 radical (unpaired) electrons. The molecule has 2 heterocycles. The van der Waals surface area contributed by atoms with Gasteiger partial charge in [0.1, 0.15) is 6.04 Å². The van der Waals surface area contributed by atoms with Crippen LogP contribution in [0.15, 0.2) is 48.2 Å². The van der Waals surface area contributed by atoms with E-state index in [-0.39, 0.29) is 6.04 Å². The summed E-state index contributed by atoms with van der Waals surface area (Å²) in [6.45, 7) is 2.03. The van der Waals surface area contributed by atoms with E-state index < -0.39 is 0 Å². The molecule has 3 aromatic rings. The SMILES string of the molecule is Cc1ncsc1C(c1ccccc1)n1ccnn1. The van der Waals surface area contributed by atoms with Crippen LogP contribution >= 0.6 is 11.3 Å².